The van der Waals surface area contributed by atoms with Crippen molar-refractivity contribution in [2.24, 2.45) is 17.4 Å². The van der Waals surface area contributed by atoms with Crippen LogP contribution in [-0.2, 0) is 63.7 Å². The van der Waals surface area contributed by atoms with Crippen LogP contribution < -0.4 is 43.4 Å². The molecule has 1 saturated heterocycles. The number of aromatic hydroxyl groups is 1. The number of likely N-dealkylation sites (tertiary alicyclic amines) is 1. The Hall–Kier alpha value is -6.66. The normalized spacial score (nSPS) is 17.2. The van der Waals surface area contributed by atoms with Crippen molar-refractivity contribution in [3.05, 3.63) is 29.8 Å². The summed E-state index contributed by atoms with van der Waals surface area (Å²) >= 11 is 0. The Kier molecular flexibility index (Phi) is 23.9. The fourth-order valence-electron chi connectivity index (χ4n) is 7.15. The van der Waals surface area contributed by atoms with Crippen LogP contribution in [0.1, 0.15) is 97.5 Å². The molecule has 26 nitrogen and oxygen atoms in total. The second kappa shape index (κ2) is 28.1. The van der Waals surface area contributed by atoms with Gasteiger partial charge < -0.3 is 73.6 Å². The maximum absolute atomic E-state index is 14.1. The number of nitrogens with one attached hydrogen (secondary N) is 6. The van der Waals surface area contributed by atoms with E-state index in [0.29, 0.717) is 12.0 Å². The molecule has 0 saturated carbocycles. The number of aliphatic carboxylic acids is 3. The number of phenolic OH excluding ortho intramolecular Hbond substituents is 1. The van der Waals surface area contributed by atoms with Gasteiger partial charge in [0, 0.05) is 38.4 Å². The Morgan fingerprint density at radius 2 is 1.20 bits per heavy atom. The number of benzene rings is 1. The molecule has 1 heterocycles. The first-order chi connectivity index (χ1) is 32.6. The summed E-state index contributed by atoms with van der Waals surface area (Å²) in [6.45, 7) is 6.15. The lowest BCUT2D eigenvalue weighted by Gasteiger charge is -2.31. The molecule has 8 amide bonds. The number of nitrogens with zero attached hydrogens (tertiary/aromatic N) is 1. The molecule has 0 aliphatic carbocycles. The molecule has 70 heavy (non-hydrogen) atoms. The van der Waals surface area contributed by atoms with Gasteiger partial charge in [-0.15, -0.1) is 0 Å². The first-order valence-corrected chi connectivity index (χ1v) is 24.4. The zero-order valence-electron chi connectivity index (χ0n) is 39.4. The quantitative estimate of drug-likeness (QED) is 0.0369. The molecule has 2 rings (SSSR count). The van der Waals surface area contributed by atoms with Crippen LogP contribution in [0.2, 0.25) is 0 Å². The van der Waals surface area contributed by atoms with Gasteiger partial charge in [-0.1, -0.05) is 26.0 Å². The maximum atomic E-state index is 14.1. The molecule has 1 aromatic carbocycles. The van der Waals surface area contributed by atoms with E-state index in [1.54, 1.807) is 26.0 Å². The van der Waals surface area contributed by atoms with Gasteiger partial charge in [-0.05, 0) is 82.4 Å². The Morgan fingerprint density at radius 3 is 1.73 bits per heavy atom. The molecule has 1 aliphatic heterocycles. The van der Waals surface area contributed by atoms with Crippen LogP contribution in [0, 0.1) is 5.92 Å². The van der Waals surface area contributed by atoms with E-state index < -0.39 is 172 Å². The summed E-state index contributed by atoms with van der Waals surface area (Å²) in [5.41, 5.74) is 12.0. The number of phenols is 1. The van der Waals surface area contributed by atoms with E-state index in [4.69, 9.17) is 21.7 Å². The number of carbonyl (C=O) groups excluding carboxylic acids is 8. The van der Waals surface area contributed by atoms with E-state index in [-0.39, 0.29) is 37.5 Å². The highest BCUT2D eigenvalue weighted by Crippen LogP contribution is 2.45. The monoisotopic (exact) mass is 1010 g/mol. The minimum Gasteiger partial charge on any atom is -0.508 e. The summed E-state index contributed by atoms with van der Waals surface area (Å²) in [5.74, 6) is -12.9. The van der Waals surface area contributed by atoms with Crippen LogP contribution in [0.25, 0.3) is 0 Å². The van der Waals surface area contributed by atoms with Crippen molar-refractivity contribution in [1.29, 1.82) is 0 Å². The number of primary amides is 1. The lowest BCUT2D eigenvalue weighted by Crippen LogP contribution is -2.58. The second-order valence-electron chi connectivity index (χ2n) is 17.4. The van der Waals surface area contributed by atoms with Crippen LogP contribution in [0.5, 0.6) is 5.75 Å². The van der Waals surface area contributed by atoms with Crippen molar-refractivity contribution in [1.82, 2.24) is 36.8 Å². The second-order valence-corrected chi connectivity index (χ2v) is 20.2. The molecule has 1 fully saturated rings. The third-order valence-corrected chi connectivity index (χ3v) is 13.3. The molecule has 1 aromatic rings. The van der Waals surface area contributed by atoms with Gasteiger partial charge in [0.05, 0.1) is 6.04 Å². The Bertz CT molecular complexity index is 2120. The zero-order valence-corrected chi connectivity index (χ0v) is 40.3. The van der Waals surface area contributed by atoms with E-state index in [2.05, 4.69) is 31.9 Å². The minimum atomic E-state index is -4.53. The van der Waals surface area contributed by atoms with Crippen LogP contribution >= 0.6 is 7.37 Å². The van der Waals surface area contributed by atoms with Crippen molar-refractivity contribution in [3.8, 4) is 5.75 Å². The largest absolute Gasteiger partial charge is 0.508 e. The number of rotatable bonds is 30. The fourth-order valence-corrected chi connectivity index (χ4v) is 8.39. The van der Waals surface area contributed by atoms with Crippen molar-refractivity contribution in [2.45, 2.75) is 146 Å². The standard InChI is InChI=1S/C43H66N9O17P/c1-22(2)20-31(51-38(62)23(3)46-39(63)27(44)21-25-7-9-26(53)10-8-25)43(67)52-18-5-6-32(52)42(66)50-30(13-16-36(59)60)40(64)47-24(4)70(68,69)19-17-33(54)48-29(12-15-35(57)58)41(65)49-28(37(45)61)11-14-34(55)56/h7-10,22-24,27-32,53H,5-6,11-21,44H2,1-4H3,(H2,45,61)(H,46,63)(H,47,64)(H,48,54)(H,49,65)(H,50,66)(H,51,62)(H,55,56)(H,57,58)(H,59,60)(H,68,69)/t23-,24?,27-,28-,29-,30-,31-,32-/m0/s1. The molecule has 0 bridgehead atoms. The number of amides is 8. The smallest absolute Gasteiger partial charge is 0.303 e. The van der Waals surface area contributed by atoms with E-state index in [1.807, 2.05) is 0 Å². The fraction of sp³-hybridized carbons (Fsp3) is 0.605. The van der Waals surface area contributed by atoms with E-state index in [9.17, 15) is 72.4 Å². The molecule has 27 heteroatoms. The van der Waals surface area contributed by atoms with Crippen molar-refractivity contribution in [2.75, 3.05) is 12.7 Å². The molecule has 0 spiro atoms. The Labute approximate surface area is 403 Å². The van der Waals surface area contributed by atoms with Crippen molar-refractivity contribution < 1.29 is 82.6 Å². The lowest BCUT2D eigenvalue weighted by atomic mass is 10.0. The highest BCUT2D eigenvalue weighted by atomic mass is 31.2. The van der Waals surface area contributed by atoms with Gasteiger partial charge in [0.25, 0.3) is 0 Å². The molecule has 2 unspecified atom stereocenters. The van der Waals surface area contributed by atoms with E-state index >= 15 is 0 Å². The zero-order chi connectivity index (χ0) is 53.0. The van der Waals surface area contributed by atoms with Gasteiger partial charge in [0.2, 0.25) is 54.6 Å². The average Bonchev–Trinajstić information content (AvgIpc) is 3.77. The van der Waals surface area contributed by atoms with Gasteiger partial charge in [-0.3, -0.25) is 57.3 Å². The number of hydrogen-bond donors (Lipinski definition) is 13. The molecule has 1 aliphatic rings. The molecule has 0 radical (unpaired) electrons. The summed E-state index contributed by atoms with van der Waals surface area (Å²) in [6.07, 6.45) is -4.19. The molecule has 0 aromatic heterocycles. The number of carboxylic acids is 3. The van der Waals surface area contributed by atoms with Crippen molar-refractivity contribution >= 4 is 72.5 Å². The summed E-state index contributed by atoms with van der Waals surface area (Å²) in [7, 11) is -4.53. The number of nitrogens with two attached hydrogens (primary N) is 2. The first-order valence-electron chi connectivity index (χ1n) is 22.5. The molecule has 15 N–H and O–H groups in total. The Morgan fingerprint density at radius 1 is 0.686 bits per heavy atom. The number of carboxylic acid groups (broad SMARTS) is 3. The molecule has 9 atom stereocenters. The third kappa shape index (κ3) is 20.5. The number of hydrogen-bond acceptors (Lipinski definition) is 14. The van der Waals surface area contributed by atoms with Gasteiger partial charge >= 0.3 is 17.9 Å². The average molecular weight is 1010 g/mol. The van der Waals surface area contributed by atoms with Crippen LogP contribution in [0.3, 0.4) is 0 Å². The molecular formula is C43H66N9O17P. The topological polar surface area (TPSA) is 433 Å². The lowest BCUT2D eigenvalue weighted by molar-refractivity contribution is -0.143. The summed E-state index contributed by atoms with van der Waals surface area (Å²) < 4.78 is 13.4. The summed E-state index contributed by atoms with van der Waals surface area (Å²) in [5, 5.41) is 51.2. The number of carbonyl (C=O) groups is 11. The van der Waals surface area contributed by atoms with Crippen LogP contribution in [0.4, 0.5) is 0 Å². The first kappa shape index (κ1) is 59.5. The Balaban J connectivity index is 2.14. The summed E-state index contributed by atoms with van der Waals surface area (Å²) in [4.78, 5) is 151. The predicted octanol–water partition coefficient (Wildman–Crippen LogP) is -2.05. The van der Waals surface area contributed by atoms with Gasteiger partial charge in [0.15, 0.2) is 0 Å². The predicted molar refractivity (Wildman–Crippen MR) is 246 cm³/mol. The highest BCUT2D eigenvalue weighted by Gasteiger charge is 2.40. The molecule has 390 valence electrons. The van der Waals surface area contributed by atoms with Gasteiger partial charge in [-0.2, -0.15) is 0 Å². The van der Waals surface area contributed by atoms with E-state index in [1.165, 1.54) is 24.0 Å². The molecular weight excluding hydrogens is 945 g/mol. The minimum absolute atomic E-state index is 0.0296. The van der Waals surface area contributed by atoms with Crippen LogP contribution in [0.15, 0.2) is 24.3 Å². The van der Waals surface area contributed by atoms with Gasteiger partial charge in [0.1, 0.15) is 47.8 Å². The maximum Gasteiger partial charge on any atom is 0.303 e. The SMILES string of the molecule is CC(C)C[C@H](NC(=O)[C@H](C)NC(=O)[C@@H](N)Cc1ccc(O)cc1)C(=O)N1CCC[C@H]1C(=O)N[C@@H](CCC(=O)O)C(=O)NC(C)P(=O)(O)CCC(=O)N[C@@H](CCC(=O)O)C(=O)N[C@@H](CCC(=O)O)C(N)=O. The summed E-state index contributed by atoms with van der Waals surface area (Å²) in [6, 6.07) is -3.23. The van der Waals surface area contributed by atoms with Gasteiger partial charge in [-0.25, -0.2) is 0 Å². The van der Waals surface area contributed by atoms with E-state index in [0.717, 1.165) is 6.92 Å². The van der Waals surface area contributed by atoms with Crippen molar-refractivity contribution in [3.63, 3.8) is 0 Å². The third-order valence-electron chi connectivity index (χ3n) is 11.1. The van der Waals surface area contributed by atoms with Crippen LogP contribution in [-0.4, -0.2) is 156 Å². The highest BCUT2D eigenvalue weighted by molar-refractivity contribution is 7.58.